The fourth-order valence-electron chi connectivity index (χ4n) is 7.57. The van der Waals surface area contributed by atoms with Gasteiger partial charge in [0, 0.05) is 38.8 Å². The second-order valence-electron chi connectivity index (χ2n) is 17.9. The molecule has 5 amide bonds. The molecule has 18 heteroatoms. The number of hydrogen-bond donors (Lipinski definition) is 8. The van der Waals surface area contributed by atoms with Gasteiger partial charge in [-0.1, -0.05) is 142 Å². The van der Waals surface area contributed by atoms with Gasteiger partial charge in [-0.05, 0) is 44.9 Å². The third-order valence-electron chi connectivity index (χ3n) is 11.6. The molecule has 68 heavy (non-hydrogen) atoms. The molecule has 0 aromatic carbocycles. The molecule has 0 aromatic rings. The van der Waals surface area contributed by atoms with Crippen LogP contribution in [-0.2, 0) is 47.8 Å². The van der Waals surface area contributed by atoms with Crippen molar-refractivity contribution in [3.05, 3.63) is 0 Å². The fourth-order valence-corrected chi connectivity index (χ4v) is 7.57. The summed E-state index contributed by atoms with van der Waals surface area (Å²) in [6.07, 6.45) is 25.6. The Kier molecular flexibility index (Phi) is 42.3. The lowest BCUT2D eigenvalue weighted by molar-refractivity contribution is -0.143. The van der Waals surface area contributed by atoms with Crippen LogP contribution in [0.5, 0.6) is 0 Å². The standard InChI is InChI=1S/C50H91N5O13/c1-3-5-7-9-11-13-15-17-19-21-23-28-44(57)54-41(49(63)64)30-32-43(56)51-34-26-25-27-40(48(62)52-35-36-67-37-38-68-39-47(60)61)53-46(59)33-31-42(50(65)66)55-45(58)29-24-22-20-18-16-14-12-10-8-6-4-2/h40-42H,3-39H2,1-2H3,(H,51,56)(H,52,62)(H,53,59)(H,54,57)(H,55,58)(H,60,61)(H,63,64)(H,65,66)/t40-,41-,42-/m0/s1. The quantitative estimate of drug-likeness (QED) is 0.0283. The van der Waals surface area contributed by atoms with E-state index < -0.39 is 66.3 Å². The maximum Gasteiger partial charge on any atom is 0.329 e. The second kappa shape index (κ2) is 45.1. The molecule has 0 unspecified atom stereocenters. The van der Waals surface area contributed by atoms with Gasteiger partial charge in [0.1, 0.15) is 24.7 Å². The minimum atomic E-state index is -1.28. The maximum absolute atomic E-state index is 13.2. The number of rotatable bonds is 49. The van der Waals surface area contributed by atoms with Crippen molar-refractivity contribution in [1.29, 1.82) is 0 Å². The van der Waals surface area contributed by atoms with Crippen LogP contribution in [-0.4, -0.2) is 120 Å². The van der Waals surface area contributed by atoms with E-state index in [2.05, 4.69) is 40.4 Å². The number of ether oxygens (including phenoxy) is 2. The monoisotopic (exact) mass is 970 g/mol. The summed E-state index contributed by atoms with van der Waals surface area (Å²) >= 11 is 0. The van der Waals surface area contributed by atoms with Crippen LogP contribution in [0.2, 0.25) is 0 Å². The van der Waals surface area contributed by atoms with Crippen LogP contribution in [0.3, 0.4) is 0 Å². The summed E-state index contributed by atoms with van der Waals surface area (Å²) in [5, 5.41) is 41.2. The van der Waals surface area contributed by atoms with E-state index in [4.69, 9.17) is 14.6 Å². The minimum absolute atomic E-state index is 0.0445. The van der Waals surface area contributed by atoms with Gasteiger partial charge in [0.15, 0.2) is 0 Å². The number of carbonyl (C=O) groups excluding carboxylic acids is 5. The third-order valence-corrected chi connectivity index (χ3v) is 11.6. The smallest absolute Gasteiger partial charge is 0.329 e. The van der Waals surface area contributed by atoms with E-state index in [0.717, 1.165) is 38.5 Å². The van der Waals surface area contributed by atoms with E-state index in [0.29, 0.717) is 25.7 Å². The summed E-state index contributed by atoms with van der Waals surface area (Å²) in [4.78, 5) is 98.2. The molecule has 0 radical (unpaired) electrons. The number of carboxylic acids is 3. The zero-order valence-corrected chi connectivity index (χ0v) is 41.8. The van der Waals surface area contributed by atoms with Crippen molar-refractivity contribution in [2.45, 2.75) is 231 Å². The average molecular weight is 970 g/mol. The van der Waals surface area contributed by atoms with Crippen molar-refractivity contribution in [2.75, 3.05) is 39.5 Å². The first-order chi connectivity index (χ1) is 32.8. The molecule has 18 nitrogen and oxygen atoms in total. The van der Waals surface area contributed by atoms with Gasteiger partial charge >= 0.3 is 17.9 Å². The molecule has 394 valence electrons. The van der Waals surface area contributed by atoms with E-state index in [1.807, 2.05) is 0 Å². The number of carboxylic acid groups (broad SMARTS) is 3. The van der Waals surface area contributed by atoms with Crippen LogP contribution < -0.4 is 26.6 Å². The van der Waals surface area contributed by atoms with Crippen LogP contribution >= 0.6 is 0 Å². The Morgan fingerprint density at radius 3 is 1.22 bits per heavy atom. The van der Waals surface area contributed by atoms with E-state index in [1.54, 1.807) is 0 Å². The van der Waals surface area contributed by atoms with E-state index in [1.165, 1.54) is 89.9 Å². The second-order valence-corrected chi connectivity index (χ2v) is 17.9. The molecule has 0 aromatic heterocycles. The number of amides is 5. The molecule has 0 saturated carbocycles. The highest BCUT2D eigenvalue weighted by Crippen LogP contribution is 2.14. The topological polar surface area (TPSA) is 276 Å². The Hall–Kier alpha value is -4.32. The van der Waals surface area contributed by atoms with Crippen molar-refractivity contribution in [3.8, 4) is 0 Å². The van der Waals surface area contributed by atoms with Crippen LogP contribution in [0, 0.1) is 0 Å². The zero-order valence-electron chi connectivity index (χ0n) is 41.8. The lowest BCUT2D eigenvalue weighted by Gasteiger charge is -2.20. The normalized spacial score (nSPS) is 12.4. The van der Waals surface area contributed by atoms with Gasteiger partial charge in [0.05, 0.1) is 19.8 Å². The van der Waals surface area contributed by atoms with Crippen LogP contribution in [0.25, 0.3) is 0 Å². The van der Waals surface area contributed by atoms with Crippen molar-refractivity contribution in [1.82, 2.24) is 26.6 Å². The number of aliphatic carboxylic acids is 3. The summed E-state index contributed by atoms with van der Waals surface area (Å²) in [6.45, 7) is 4.45. The molecule has 0 fully saturated rings. The molecular weight excluding hydrogens is 879 g/mol. The number of unbranched alkanes of at least 4 members (excludes halogenated alkanes) is 21. The predicted molar refractivity (Wildman–Crippen MR) is 261 cm³/mol. The minimum Gasteiger partial charge on any atom is -0.480 e. The van der Waals surface area contributed by atoms with Crippen molar-refractivity contribution < 1.29 is 63.1 Å². The summed E-state index contributed by atoms with van der Waals surface area (Å²) in [5.74, 6) is -5.85. The summed E-state index contributed by atoms with van der Waals surface area (Å²) < 4.78 is 10.3. The molecule has 0 spiro atoms. The summed E-state index contributed by atoms with van der Waals surface area (Å²) in [7, 11) is 0. The van der Waals surface area contributed by atoms with Gasteiger partial charge in [-0.25, -0.2) is 14.4 Å². The molecule has 3 atom stereocenters. The van der Waals surface area contributed by atoms with Gasteiger partial charge < -0.3 is 51.4 Å². The number of hydrogen-bond acceptors (Lipinski definition) is 10. The Balaban J connectivity index is 4.84. The molecule has 0 aliphatic carbocycles. The third kappa shape index (κ3) is 40.7. The largest absolute Gasteiger partial charge is 0.480 e. The highest BCUT2D eigenvalue weighted by Gasteiger charge is 2.25. The van der Waals surface area contributed by atoms with Gasteiger partial charge in [0.25, 0.3) is 0 Å². The Labute approximate surface area is 406 Å². The van der Waals surface area contributed by atoms with Crippen LogP contribution in [0.4, 0.5) is 0 Å². The molecule has 0 aliphatic rings. The SMILES string of the molecule is CCCCCCCCCCCCCC(=O)N[C@@H](CCC(=O)NCCCC[C@H](NC(=O)CC[C@H](NC(=O)CCCCCCCCCCCCC)C(=O)O)C(=O)NCCOCCOCC(=O)O)C(=O)O. The van der Waals surface area contributed by atoms with Gasteiger partial charge in [0.2, 0.25) is 29.5 Å². The van der Waals surface area contributed by atoms with Crippen molar-refractivity contribution in [3.63, 3.8) is 0 Å². The summed E-state index contributed by atoms with van der Waals surface area (Å²) in [6, 6.07) is -3.49. The van der Waals surface area contributed by atoms with Gasteiger partial charge in [-0.3, -0.25) is 24.0 Å². The van der Waals surface area contributed by atoms with Crippen LogP contribution in [0.1, 0.15) is 213 Å². The molecule has 0 heterocycles. The lowest BCUT2D eigenvalue weighted by Crippen LogP contribution is -2.48. The van der Waals surface area contributed by atoms with E-state index in [-0.39, 0.29) is 83.8 Å². The van der Waals surface area contributed by atoms with Gasteiger partial charge in [-0.2, -0.15) is 0 Å². The molecule has 0 rings (SSSR count). The van der Waals surface area contributed by atoms with Gasteiger partial charge in [-0.15, -0.1) is 0 Å². The first-order valence-corrected chi connectivity index (χ1v) is 26.1. The first-order valence-electron chi connectivity index (χ1n) is 26.1. The van der Waals surface area contributed by atoms with Crippen molar-refractivity contribution >= 4 is 47.4 Å². The fraction of sp³-hybridized carbons (Fsp3) is 0.840. The zero-order chi connectivity index (χ0) is 50.5. The molecule has 0 aliphatic heterocycles. The Bertz CT molecular complexity index is 1380. The molecule has 8 N–H and O–H groups in total. The maximum atomic E-state index is 13.2. The Morgan fingerprint density at radius 2 is 0.779 bits per heavy atom. The lowest BCUT2D eigenvalue weighted by atomic mass is 10.0. The van der Waals surface area contributed by atoms with Crippen molar-refractivity contribution in [2.24, 2.45) is 0 Å². The van der Waals surface area contributed by atoms with Crippen LogP contribution in [0.15, 0.2) is 0 Å². The summed E-state index contributed by atoms with van der Waals surface area (Å²) in [5.41, 5.74) is 0. The first kappa shape index (κ1) is 63.7. The number of carbonyl (C=O) groups is 8. The molecular formula is C50H91N5O13. The highest BCUT2D eigenvalue weighted by molar-refractivity contribution is 5.88. The average Bonchev–Trinajstić information content (AvgIpc) is 3.29. The Morgan fingerprint density at radius 1 is 0.382 bits per heavy atom. The molecule has 0 saturated heterocycles. The molecule has 0 bridgehead atoms. The number of nitrogens with one attached hydrogen (secondary N) is 5. The van der Waals surface area contributed by atoms with E-state index in [9.17, 15) is 48.6 Å². The predicted octanol–water partition coefficient (Wildman–Crippen LogP) is 7.09. The highest BCUT2D eigenvalue weighted by atomic mass is 16.5. The van der Waals surface area contributed by atoms with E-state index >= 15 is 0 Å².